The van der Waals surface area contributed by atoms with Crippen molar-refractivity contribution in [1.29, 1.82) is 0 Å². The molecule has 0 radical (unpaired) electrons. The summed E-state index contributed by atoms with van der Waals surface area (Å²) in [6, 6.07) is 19.5. The van der Waals surface area contributed by atoms with Crippen molar-refractivity contribution in [2.24, 2.45) is 0 Å². The summed E-state index contributed by atoms with van der Waals surface area (Å²) < 4.78 is 0. The van der Waals surface area contributed by atoms with Crippen LogP contribution >= 0.6 is 0 Å². The zero-order valence-electron chi connectivity index (χ0n) is 12.1. The average molecular weight is 263 g/mol. The van der Waals surface area contributed by atoms with Crippen LogP contribution in [0.2, 0.25) is 0 Å². The minimum atomic E-state index is 0.181. The van der Waals surface area contributed by atoms with Gasteiger partial charge in [0.15, 0.2) is 0 Å². The predicted molar refractivity (Wildman–Crippen MR) is 85.5 cm³/mol. The maximum atomic E-state index is 5.42. The summed E-state index contributed by atoms with van der Waals surface area (Å²) in [7, 11) is 0. The van der Waals surface area contributed by atoms with Crippen molar-refractivity contribution < 1.29 is 0 Å². The molecule has 1 heteroatoms. The lowest BCUT2D eigenvalue weighted by molar-refractivity contribution is 0.505. The molecule has 2 atom stereocenters. The number of benzene rings is 2. The number of nitrogens with one attached hydrogen (secondary N) is 1. The summed E-state index contributed by atoms with van der Waals surface area (Å²) in [4.78, 5) is 0. The Kier molecular flexibility index (Phi) is 4.98. The molecule has 0 spiro atoms. The van der Waals surface area contributed by atoms with Crippen LogP contribution in [0.25, 0.3) is 0 Å². The Morgan fingerprint density at radius 2 is 1.70 bits per heavy atom. The number of aryl methyl sites for hydroxylation is 1. The Balaban J connectivity index is 2.35. The van der Waals surface area contributed by atoms with Gasteiger partial charge in [0.25, 0.3) is 0 Å². The van der Waals surface area contributed by atoms with E-state index in [0.717, 1.165) is 6.42 Å². The largest absolute Gasteiger partial charge is 0.303 e. The molecule has 102 valence electrons. The van der Waals surface area contributed by atoms with Crippen molar-refractivity contribution >= 4 is 0 Å². The first-order valence-corrected chi connectivity index (χ1v) is 7.02. The molecule has 0 bridgehead atoms. The van der Waals surface area contributed by atoms with Gasteiger partial charge in [0, 0.05) is 12.5 Å². The lowest BCUT2D eigenvalue weighted by Gasteiger charge is -2.25. The van der Waals surface area contributed by atoms with Gasteiger partial charge in [-0.05, 0) is 30.5 Å². The number of hydrogen-bond donors (Lipinski definition) is 1. The second-order valence-electron chi connectivity index (χ2n) is 5.18. The topological polar surface area (TPSA) is 12.0 Å². The third-order valence-corrected chi connectivity index (χ3v) is 3.51. The normalized spacial score (nSPS) is 13.4. The van der Waals surface area contributed by atoms with Crippen LogP contribution in [0.15, 0.2) is 54.6 Å². The van der Waals surface area contributed by atoms with Crippen molar-refractivity contribution in [3.8, 4) is 12.3 Å². The molecular formula is C19H21N. The molecular weight excluding hydrogens is 242 g/mol. The monoisotopic (exact) mass is 263 g/mol. The van der Waals surface area contributed by atoms with Crippen LogP contribution in [0.5, 0.6) is 0 Å². The Bertz CT molecular complexity index is 580. The molecule has 2 unspecified atom stereocenters. The average Bonchev–Trinajstić information content (AvgIpc) is 2.47. The van der Waals surface area contributed by atoms with E-state index in [9.17, 15) is 0 Å². The molecule has 0 saturated carbocycles. The van der Waals surface area contributed by atoms with Crippen LogP contribution in [0.4, 0.5) is 0 Å². The highest BCUT2D eigenvalue weighted by Gasteiger charge is 2.17. The van der Waals surface area contributed by atoms with Crippen LogP contribution < -0.4 is 5.32 Å². The molecule has 2 rings (SSSR count). The number of hydrogen-bond acceptors (Lipinski definition) is 1. The van der Waals surface area contributed by atoms with Gasteiger partial charge in [0.05, 0.1) is 6.04 Å². The van der Waals surface area contributed by atoms with Crippen molar-refractivity contribution in [3.63, 3.8) is 0 Å². The quantitative estimate of drug-likeness (QED) is 0.801. The molecule has 2 aromatic carbocycles. The van der Waals surface area contributed by atoms with Crippen molar-refractivity contribution in [3.05, 3.63) is 71.3 Å². The fourth-order valence-electron chi connectivity index (χ4n) is 2.44. The summed E-state index contributed by atoms with van der Waals surface area (Å²) in [5.74, 6) is 2.73. The molecule has 0 heterocycles. The minimum absolute atomic E-state index is 0.181. The fourth-order valence-corrected chi connectivity index (χ4v) is 2.44. The van der Waals surface area contributed by atoms with E-state index < -0.39 is 0 Å². The van der Waals surface area contributed by atoms with E-state index in [0.29, 0.717) is 0 Å². The van der Waals surface area contributed by atoms with E-state index in [2.05, 4.69) is 73.6 Å². The Morgan fingerprint density at radius 1 is 1.05 bits per heavy atom. The lowest BCUT2D eigenvalue weighted by Crippen LogP contribution is -2.31. The second-order valence-corrected chi connectivity index (χ2v) is 5.18. The van der Waals surface area contributed by atoms with Crippen molar-refractivity contribution in [2.45, 2.75) is 32.4 Å². The first-order valence-electron chi connectivity index (χ1n) is 7.02. The Labute approximate surface area is 122 Å². The first-order chi connectivity index (χ1) is 9.72. The van der Waals surface area contributed by atoms with Crippen LogP contribution in [0.1, 0.15) is 36.1 Å². The third kappa shape index (κ3) is 3.50. The summed E-state index contributed by atoms with van der Waals surface area (Å²) in [5, 5.41) is 3.65. The molecule has 0 aliphatic heterocycles. The Hall–Kier alpha value is -2.04. The van der Waals surface area contributed by atoms with Crippen LogP contribution in [-0.2, 0) is 0 Å². The first kappa shape index (κ1) is 14.4. The summed E-state index contributed by atoms with van der Waals surface area (Å²) >= 11 is 0. The molecule has 0 saturated heterocycles. The van der Waals surface area contributed by atoms with E-state index >= 15 is 0 Å². The lowest BCUT2D eigenvalue weighted by atomic mass is 9.94. The molecule has 0 fully saturated rings. The second kappa shape index (κ2) is 6.93. The van der Waals surface area contributed by atoms with Gasteiger partial charge in [0.2, 0.25) is 0 Å². The molecule has 0 aliphatic rings. The zero-order valence-corrected chi connectivity index (χ0v) is 12.1. The van der Waals surface area contributed by atoms with Gasteiger partial charge < -0.3 is 5.32 Å². The van der Waals surface area contributed by atoms with E-state index in [-0.39, 0.29) is 12.1 Å². The van der Waals surface area contributed by atoms with Crippen LogP contribution in [0.3, 0.4) is 0 Å². The van der Waals surface area contributed by atoms with Crippen molar-refractivity contribution in [2.75, 3.05) is 0 Å². The molecule has 0 aliphatic carbocycles. The fraction of sp³-hybridized carbons (Fsp3) is 0.263. The maximum absolute atomic E-state index is 5.42. The zero-order chi connectivity index (χ0) is 14.4. The van der Waals surface area contributed by atoms with Gasteiger partial charge in [0.1, 0.15) is 0 Å². The van der Waals surface area contributed by atoms with Crippen molar-refractivity contribution in [1.82, 2.24) is 5.32 Å². The predicted octanol–water partition coefficient (Wildman–Crippen LogP) is 4.09. The molecule has 2 aromatic rings. The summed E-state index contributed by atoms with van der Waals surface area (Å²) in [6.45, 7) is 4.28. The smallest absolute Gasteiger partial charge is 0.0581 e. The molecule has 0 amide bonds. The van der Waals surface area contributed by atoms with Gasteiger partial charge in [-0.2, -0.15) is 0 Å². The van der Waals surface area contributed by atoms with Gasteiger partial charge in [-0.15, -0.1) is 12.3 Å². The van der Waals surface area contributed by atoms with Gasteiger partial charge >= 0.3 is 0 Å². The van der Waals surface area contributed by atoms with Gasteiger partial charge in [-0.1, -0.05) is 54.6 Å². The van der Waals surface area contributed by atoms with Crippen LogP contribution in [0, 0.1) is 19.3 Å². The van der Waals surface area contributed by atoms with Gasteiger partial charge in [-0.3, -0.25) is 0 Å². The highest BCUT2D eigenvalue weighted by Crippen LogP contribution is 2.25. The molecule has 0 aromatic heterocycles. The van der Waals surface area contributed by atoms with E-state index in [1.807, 2.05) is 6.07 Å². The van der Waals surface area contributed by atoms with E-state index in [1.165, 1.54) is 16.7 Å². The van der Waals surface area contributed by atoms with E-state index in [1.54, 1.807) is 0 Å². The Morgan fingerprint density at radius 3 is 2.35 bits per heavy atom. The summed E-state index contributed by atoms with van der Waals surface area (Å²) in [6.07, 6.45) is 6.15. The number of rotatable bonds is 5. The van der Waals surface area contributed by atoms with Crippen LogP contribution in [-0.4, -0.2) is 6.04 Å². The van der Waals surface area contributed by atoms with Gasteiger partial charge in [-0.25, -0.2) is 0 Å². The standard InChI is InChI=1S/C19H21N/c1-4-10-16(3)20-19(17-12-6-5-7-13-17)18-14-9-8-11-15(18)2/h1,5-9,11-14,16,19-20H,10H2,2-3H3. The highest BCUT2D eigenvalue weighted by molar-refractivity contribution is 5.36. The minimum Gasteiger partial charge on any atom is -0.303 e. The molecule has 1 nitrogen and oxygen atoms in total. The highest BCUT2D eigenvalue weighted by atomic mass is 14.9. The number of terminal acetylenes is 1. The SMILES string of the molecule is C#CCC(C)NC(c1ccccc1)c1ccccc1C. The van der Waals surface area contributed by atoms with E-state index in [4.69, 9.17) is 6.42 Å². The summed E-state index contributed by atoms with van der Waals surface area (Å²) in [5.41, 5.74) is 3.87. The molecule has 1 N–H and O–H groups in total. The maximum Gasteiger partial charge on any atom is 0.0581 e. The molecule has 20 heavy (non-hydrogen) atoms. The third-order valence-electron chi connectivity index (χ3n) is 3.51.